The molecule has 0 aliphatic carbocycles. The summed E-state index contributed by atoms with van der Waals surface area (Å²) in [6, 6.07) is 0. The fourth-order valence-electron chi connectivity index (χ4n) is 0.129. The topological polar surface area (TPSA) is 74.6 Å². The average Bonchev–Trinajstić information content (AvgIpc) is 1.27. The largest absolute Gasteiger partial charge is 2.00 e. The van der Waals surface area contributed by atoms with Gasteiger partial charge in [-0.25, -0.2) is 0 Å². The number of carbonyl (C=O) groups is 2. The van der Waals surface area contributed by atoms with Crippen LogP contribution in [0.25, 0.3) is 0 Å². The van der Waals surface area contributed by atoms with E-state index in [2.05, 4.69) is 0 Å². The van der Waals surface area contributed by atoms with Gasteiger partial charge in [0.15, 0.2) is 0 Å². The first-order chi connectivity index (χ1) is 3.13. The first-order valence-electron chi connectivity index (χ1n) is 1.56. The van der Waals surface area contributed by atoms with Gasteiger partial charge >= 0.3 is 35.0 Å². The van der Waals surface area contributed by atoms with Crippen LogP contribution in [-0.2, 0) is 9.59 Å². The van der Waals surface area contributed by atoms with Crippen LogP contribution in [0.4, 0.5) is 0 Å². The maximum atomic E-state index is 9.43. The Balaban J connectivity index is 0. The van der Waals surface area contributed by atoms with Gasteiger partial charge in [0, 0.05) is 0 Å². The number of hydrogen-bond donors (Lipinski definition) is 2. The van der Waals surface area contributed by atoms with Gasteiger partial charge in [-0.05, 0) is 0 Å². The maximum Gasteiger partial charge on any atom is 2.00 e. The van der Waals surface area contributed by atoms with Gasteiger partial charge in [0.1, 0.15) is 6.42 Å². The molecule has 0 atom stereocenters. The Bertz CT molecular complexity index is 87.5. The molecule has 40 valence electrons. The molecule has 0 aliphatic heterocycles. The number of carboxylic acids is 2. The summed E-state index contributed by atoms with van der Waals surface area (Å²) >= 11 is 0. The smallest absolute Gasteiger partial charge is 0.481 e. The van der Waals surface area contributed by atoms with Crippen LogP contribution in [0.5, 0.6) is 0 Å². The Morgan fingerprint density at radius 3 is 1.38 bits per heavy atom. The van der Waals surface area contributed by atoms with Gasteiger partial charge < -0.3 is 10.2 Å². The van der Waals surface area contributed by atoms with Crippen LogP contribution in [0.3, 0.4) is 0 Å². The monoisotopic (exact) mass is 128 g/mol. The summed E-state index contributed by atoms with van der Waals surface area (Å²) < 4.78 is 0. The number of hydrogen-bond acceptors (Lipinski definition) is 2. The van der Waals surface area contributed by atoms with Crippen LogP contribution in [0, 0.1) is 0 Å². The summed E-state index contributed by atoms with van der Waals surface area (Å²) in [6.45, 7) is 0. The molecule has 0 aliphatic rings. The van der Waals surface area contributed by atoms with E-state index in [1.165, 1.54) is 0 Å². The molecule has 0 fully saturated rings. The van der Waals surface area contributed by atoms with E-state index in [0.717, 1.165) is 0 Å². The summed E-state index contributed by atoms with van der Waals surface area (Å²) in [7, 11) is 0. The predicted molar refractivity (Wildman–Crippen MR) is 25.6 cm³/mol. The fourth-order valence-corrected chi connectivity index (χ4v) is 0.129. The average molecular weight is 128 g/mol. The molecule has 0 amide bonds. The first kappa shape index (κ1) is 10.6. The number of aliphatic carboxylic acids is 2. The third-order valence-corrected chi connectivity index (χ3v) is 0.302. The van der Waals surface area contributed by atoms with Crippen LogP contribution >= 0.6 is 0 Å². The second kappa shape index (κ2) is 4.86. The molecule has 0 radical (unpaired) electrons. The molecular formula is C3H4MgO4+2. The Morgan fingerprint density at radius 2 is 1.38 bits per heavy atom. The molecule has 0 aromatic rings. The second-order valence-corrected chi connectivity index (χ2v) is 0.964. The van der Waals surface area contributed by atoms with E-state index in [9.17, 15) is 9.59 Å². The second-order valence-electron chi connectivity index (χ2n) is 0.964. The standard InChI is InChI=1S/C3H4O4.Mg/c4-2(5)1-3(6)7;/h1H2,(H,4,5)(H,6,7);/q;+2. The van der Waals surface area contributed by atoms with Gasteiger partial charge in [-0.3, -0.25) is 9.59 Å². The Morgan fingerprint density at radius 1 is 1.12 bits per heavy atom. The van der Waals surface area contributed by atoms with E-state index < -0.39 is 18.4 Å². The van der Waals surface area contributed by atoms with Crippen molar-refractivity contribution in [2.45, 2.75) is 6.42 Å². The van der Waals surface area contributed by atoms with Crippen LogP contribution < -0.4 is 0 Å². The van der Waals surface area contributed by atoms with Crippen LogP contribution in [0.2, 0.25) is 0 Å². The van der Waals surface area contributed by atoms with Crippen molar-refractivity contribution >= 4 is 35.0 Å². The summed E-state index contributed by atoms with van der Waals surface area (Å²) in [5.41, 5.74) is 0. The molecule has 0 unspecified atom stereocenters. The summed E-state index contributed by atoms with van der Waals surface area (Å²) in [5, 5.41) is 15.4. The Labute approximate surface area is 61.7 Å². The van der Waals surface area contributed by atoms with Crippen molar-refractivity contribution < 1.29 is 19.8 Å². The summed E-state index contributed by atoms with van der Waals surface area (Å²) in [4.78, 5) is 18.9. The van der Waals surface area contributed by atoms with Crippen molar-refractivity contribution in [3.63, 3.8) is 0 Å². The SMILES string of the molecule is O=C(O)CC(=O)O.[Mg+2]. The van der Waals surface area contributed by atoms with E-state index in [-0.39, 0.29) is 23.1 Å². The molecule has 8 heavy (non-hydrogen) atoms. The zero-order chi connectivity index (χ0) is 5.86. The van der Waals surface area contributed by atoms with Gasteiger partial charge in [0.05, 0.1) is 0 Å². The van der Waals surface area contributed by atoms with Gasteiger partial charge in [0.25, 0.3) is 0 Å². The molecule has 5 heteroatoms. The van der Waals surface area contributed by atoms with E-state index >= 15 is 0 Å². The van der Waals surface area contributed by atoms with Crippen LogP contribution in [-0.4, -0.2) is 45.2 Å². The minimum absolute atomic E-state index is 0. The van der Waals surface area contributed by atoms with Crippen LogP contribution in [0.1, 0.15) is 6.42 Å². The first-order valence-corrected chi connectivity index (χ1v) is 1.56. The molecule has 0 spiro atoms. The molecule has 4 nitrogen and oxygen atoms in total. The van der Waals surface area contributed by atoms with E-state index in [0.29, 0.717) is 0 Å². The molecule has 0 bridgehead atoms. The number of rotatable bonds is 2. The third-order valence-electron chi connectivity index (χ3n) is 0.302. The molecule has 0 aromatic heterocycles. The van der Waals surface area contributed by atoms with Crippen LogP contribution in [0.15, 0.2) is 0 Å². The molecule has 2 N–H and O–H groups in total. The van der Waals surface area contributed by atoms with Crippen molar-refractivity contribution in [1.82, 2.24) is 0 Å². The van der Waals surface area contributed by atoms with Crippen molar-refractivity contribution in [1.29, 1.82) is 0 Å². The maximum absolute atomic E-state index is 9.43. The predicted octanol–water partition coefficient (Wildman–Crippen LogP) is -0.835. The zero-order valence-corrected chi connectivity index (χ0v) is 5.54. The molecule has 0 saturated carbocycles. The van der Waals surface area contributed by atoms with Crippen molar-refractivity contribution in [3.8, 4) is 0 Å². The summed E-state index contributed by atoms with van der Waals surface area (Å²) in [5.74, 6) is -2.62. The third kappa shape index (κ3) is 9.20. The Kier molecular flexibility index (Phi) is 6.46. The summed E-state index contributed by atoms with van der Waals surface area (Å²) in [6.07, 6.45) is -0.806. The quantitative estimate of drug-likeness (QED) is 0.376. The Hall–Kier alpha value is -0.294. The van der Waals surface area contributed by atoms with Crippen molar-refractivity contribution in [2.24, 2.45) is 0 Å². The van der Waals surface area contributed by atoms with Gasteiger partial charge in [-0.15, -0.1) is 0 Å². The van der Waals surface area contributed by atoms with Crippen molar-refractivity contribution in [3.05, 3.63) is 0 Å². The van der Waals surface area contributed by atoms with E-state index in [4.69, 9.17) is 10.2 Å². The number of carboxylic acid groups (broad SMARTS) is 2. The van der Waals surface area contributed by atoms with E-state index in [1.54, 1.807) is 0 Å². The minimum Gasteiger partial charge on any atom is -0.481 e. The van der Waals surface area contributed by atoms with Gasteiger partial charge in [0.2, 0.25) is 0 Å². The van der Waals surface area contributed by atoms with Gasteiger partial charge in [-0.1, -0.05) is 0 Å². The fraction of sp³-hybridized carbons (Fsp3) is 0.333. The normalized spacial score (nSPS) is 7.00. The van der Waals surface area contributed by atoms with Crippen molar-refractivity contribution in [2.75, 3.05) is 0 Å². The molecule has 0 saturated heterocycles. The zero-order valence-electron chi connectivity index (χ0n) is 4.13. The van der Waals surface area contributed by atoms with Gasteiger partial charge in [-0.2, -0.15) is 0 Å². The van der Waals surface area contributed by atoms with E-state index in [1.807, 2.05) is 0 Å². The molecule has 0 aromatic carbocycles. The molecule has 0 heterocycles. The molecular weight excluding hydrogens is 124 g/mol. The minimum atomic E-state index is -1.31. The molecule has 0 rings (SSSR count).